The van der Waals surface area contributed by atoms with Crippen LogP contribution >= 0.6 is 0 Å². The molecule has 0 bridgehead atoms. The predicted molar refractivity (Wildman–Crippen MR) is 93.7 cm³/mol. The molecule has 2 aromatic rings. The number of benzene rings is 1. The van der Waals surface area contributed by atoms with Gasteiger partial charge in [0.1, 0.15) is 5.76 Å². The van der Waals surface area contributed by atoms with E-state index in [4.69, 9.17) is 4.42 Å². The summed E-state index contributed by atoms with van der Waals surface area (Å²) in [5.41, 5.74) is 1.99. The molecule has 1 fully saturated rings. The first-order valence-electron chi connectivity index (χ1n) is 8.73. The third-order valence-electron chi connectivity index (χ3n) is 4.96. The van der Waals surface area contributed by atoms with Crippen LogP contribution < -0.4 is 0 Å². The molecule has 2 atom stereocenters. The molecule has 2 heterocycles. The van der Waals surface area contributed by atoms with Crippen molar-refractivity contribution in [3.8, 4) is 0 Å². The van der Waals surface area contributed by atoms with Crippen LogP contribution in [-0.2, 0) is 17.6 Å². The molecule has 132 valence electrons. The van der Waals surface area contributed by atoms with Crippen molar-refractivity contribution >= 4 is 11.9 Å². The molecule has 1 aromatic carbocycles. The van der Waals surface area contributed by atoms with Gasteiger partial charge in [-0.1, -0.05) is 44.2 Å². The molecule has 0 saturated carbocycles. The van der Waals surface area contributed by atoms with Crippen molar-refractivity contribution in [3.05, 3.63) is 59.0 Å². The Morgan fingerprint density at radius 2 is 1.88 bits per heavy atom. The number of furan rings is 1. The molecule has 0 radical (unpaired) electrons. The van der Waals surface area contributed by atoms with Crippen LogP contribution in [-0.4, -0.2) is 35.0 Å². The smallest absolute Gasteiger partial charge is 0.308 e. The number of aryl methyl sites for hydroxylation is 2. The lowest BCUT2D eigenvalue weighted by Gasteiger charge is -2.15. The number of carbonyl (C=O) groups excluding carboxylic acids is 1. The Labute approximate surface area is 147 Å². The van der Waals surface area contributed by atoms with Crippen molar-refractivity contribution in [2.75, 3.05) is 13.1 Å². The summed E-state index contributed by atoms with van der Waals surface area (Å²) in [7, 11) is 0. The van der Waals surface area contributed by atoms with Gasteiger partial charge in [-0.15, -0.1) is 0 Å². The number of nitrogens with zero attached hydrogens (tertiary/aromatic N) is 1. The lowest BCUT2D eigenvalue weighted by molar-refractivity contribution is -0.141. The van der Waals surface area contributed by atoms with E-state index in [0.29, 0.717) is 12.3 Å². The van der Waals surface area contributed by atoms with Gasteiger partial charge < -0.3 is 14.4 Å². The Balaban J connectivity index is 1.85. The van der Waals surface area contributed by atoms with E-state index in [2.05, 4.69) is 0 Å². The fourth-order valence-electron chi connectivity index (χ4n) is 3.58. The van der Waals surface area contributed by atoms with Gasteiger partial charge in [-0.25, -0.2) is 0 Å². The summed E-state index contributed by atoms with van der Waals surface area (Å²) in [5.74, 6) is -0.747. The fraction of sp³-hybridized carbons (Fsp3) is 0.400. The normalized spacial score (nSPS) is 20.0. The largest absolute Gasteiger partial charge is 0.481 e. The summed E-state index contributed by atoms with van der Waals surface area (Å²) in [6, 6.07) is 11.3. The van der Waals surface area contributed by atoms with Crippen LogP contribution in [0.25, 0.3) is 0 Å². The van der Waals surface area contributed by atoms with E-state index >= 15 is 0 Å². The predicted octanol–water partition coefficient (Wildman–Crippen LogP) is 3.34. The molecule has 1 amide bonds. The molecule has 2 unspecified atom stereocenters. The summed E-state index contributed by atoms with van der Waals surface area (Å²) in [6.07, 6.45) is 1.55. The third kappa shape index (κ3) is 3.31. The molecule has 5 nitrogen and oxygen atoms in total. The summed E-state index contributed by atoms with van der Waals surface area (Å²) < 4.78 is 5.73. The van der Waals surface area contributed by atoms with Crippen LogP contribution in [0.1, 0.15) is 47.2 Å². The first kappa shape index (κ1) is 17.3. The summed E-state index contributed by atoms with van der Waals surface area (Å²) >= 11 is 0. The Bertz CT molecular complexity index is 744. The van der Waals surface area contributed by atoms with E-state index in [-0.39, 0.29) is 18.4 Å². The number of hydrogen-bond acceptors (Lipinski definition) is 3. The highest BCUT2D eigenvalue weighted by Gasteiger charge is 2.41. The first-order valence-corrected chi connectivity index (χ1v) is 8.73. The monoisotopic (exact) mass is 341 g/mol. The van der Waals surface area contributed by atoms with Gasteiger partial charge in [0.25, 0.3) is 5.91 Å². The highest BCUT2D eigenvalue weighted by atomic mass is 16.4. The van der Waals surface area contributed by atoms with Crippen LogP contribution in [0, 0.1) is 5.92 Å². The van der Waals surface area contributed by atoms with Gasteiger partial charge in [-0.3, -0.25) is 9.59 Å². The van der Waals surface area contributed by atoms with Gasteiger partial charge in [0.2, 0.25) is 0 Å². The highest BCUT2D eigenvalue weighted by Crippen LogP contribution is 2.34. The van der Waals surface area contributed by atoms with Crippen molar-refractivity contribution in [3.63, 3.8) is 0 Å². The third-order valence-corrected chi connectivity index (χ3v) is 4.96. The summed E-state index contributed by atoms with van der Waals surface area (Å²) in [6.45, 7) is 4.62. The maximum atomic E-state index is 12.8. The summed E-state index contributed by atoms with van der Waals surface area (Å²) in [4.78, 5) is 26.1. The van der Waals surface area contributed by atoms with E-state index in [1.54, 1.807) is 11.0 Å². The molecule has 1 saturated heterocycles. The molecule has 1 aromatic heterocycles. The van der Waals surface area contributed by atoms with Gasteiger partial charge in [-0.05, 0) is 23.6 Å². The minimum absolute atomic E-state index is 0.200. The number of amides is 1. The van der Waals surface area contributed by atoms with Crippen LogP contribution in [0.4, 0.5) is 0 Å². The van der Waals surface area contributed by atoms with E-state index < -0.39 is 11.9 Å². The minimum Gasteiger partial charge on any atom is -0.481 e. The second-order valence-electron chi connectivity index (χ2n) is 6.44. The maximum Gasteiger partial charge on any atom is 0.308 e. The van der Waals surface area contributed by atoms with E-state index in [9.17, 15) is 14.7 Å². The average molecular weight is 341 g/mol. The number of carbonyl (C=O) groups is 2. The van der Waals surface area contributed by atoms with Gasteiger partial charge in [0, 0.05) is 25.4 Å². The van der Waals surface area contributed by atoms with E-state index in [1.807, 2.05) is 44.2 Å². The SMILES string of the molecule is CCc1cc(C(=O)N2CC(C(=O)O)C(c3ccccc3)C2)oc1CC. The van der Waals surface area contributed by atoms with Gasteiger partial charge in [-0.2, -0.15) is 0 Å². The summed E-state index contributed by atoms with van der Waals surface area (Å²) in [5, 5.41) is 9.58. The topological polar surface area (TPSA) is 70.8 Å². The number of likely N-dealkylation sites (tertiary alicyclic amines) is 1. The second-order valence-corrected chi connectivity index (χ2v) is 6.44. The van der Waals surface area contributed by atoms with Crippen LogP contribution in [0.15, 0.2) is 40.8 Å². The van der Waals surface area contributed by atoms with Gasteiger partial charge in [0.05, 0.1) is 5.92 Å². The van der Waals surface area contributed by atoms with Gasteiger partial charge >= 0.3 is 5.97 Å². The number of carboxylic acids is 1. The lowest BCUT2D eigenvalue weighted by atomic mass is 9.89. The standard InChI is InChI=1S/C20H23NO4/c1-3-13-10-18(25-17(13)4-2)19(22)21-11-15(16(12-21)20(23)24)14-8-6-5-7-9-14/h5-10,15-16H,3-4,11-12H2,1-2H3,(H,23,24). The minimum atomic E-state index is -0.868. The van der Waals surface area contributed by atoms with Crippen molar-refractivity contribution < 1.29 is 19.1 Å². The molecule has 3 rings (SSSR count). The molecule has 25 heavy (non-hydrogen) atoms. The van der Waals surface area contributed by atoms with Gasteiger partial charge in [0.15, 0.2) is 5.76 Å². The zero-order valence-corrected chi connectivity index (χ0v) is 14.6. The molecular formula is C20H23NO4. The lowest BCUT2D eigenvalue weighted by Crippen LogP contribution is -2.29. The molecule has 1 aliphatic rings. The molecule has 0 aliphatic carbocycles. The van der Waals surface area contributed by atoms with Crippen molar-refractivity contribution in [2.45, 2.75) is 32.6 Å². The number of carboxylic acid groups (broad SMARTS) is 1. The average Bonchev–Trinajstić information content (AvgIpc) is 3.26. The number of aliphatic carboxylic acids is 1. The molecule has 1 N–H and O–H groups in total. The first-order chi connectivity index (χ1) is 12.0. The number of rotatable bonds is 5. The molecule has 5 heteroatoms. The fourth-order valence-corrected chi connectivity index (χ4v) is 3.58. The Morgan fingerprint density at radius 3 is 2.44 bits per heavy atom. The zero-order valence-electron chi connectivity index (χ0n) is 14.6. The van der Waals surface area contributed by atoms with Crippen LogP contribution in [0.5, 0.6) is 0 Å². The maximum absolute atomic E-state index is 12.8. The Kier molecular flexibility index (Phi) is 4.93. The van der Waals surface area contributed by atoms with Crippen molar-refractivity contribution in [1.29, 1.82) is 0 Å². The quantitative estimate of drug-likeness (QED) is 0.905. The molecular weight excluding hydrogens is 318 g/mol. The van der Waals surface area contributed by atoms with E-state index in [1.165, 1.54) is 0 Å². The molecule has 0 spiro atoms. The Hall–Kier alpha value is -2.56. The van der Waals surface area contributed by atoms with E-state index in [0.717, 1.165) is 29.7 Å². The van der Waals surface area contributed by atoms with Crippen molar-refractivity contribution in [2.24, 2.45) is 5.92 Å². The zero-order chi connectivity index (χ0) is 18.0. The highest BCUT2D eigenvalue weighted by molar-refractivity contribution is 5.92. The van der Waals surface area contributed by atoms with Crippen LogP contribution in [0.3, 0.4) is 0 Å². The Morgan fingerprint density at radius 1 is 1.16 bits per heavy atom. The van der Waals surface area contributed by atoms with Crippen molar-refractivity contribution in [1.82, 2.24) is 4.90 Å². The van der Waals surface area contributed by atoms with Crippen LogP contribution in [0.2, 0.25) is 0 Å². The number of hydrogen-bond donors (Lipinski definition) is 1. The molecule has 1 aliphatic heterocycles. The second kappa shape index (κ2) is 7.13.